The number of nitrogens with one attached hydrogen (secondary N) is 2. The molecule has 1 aliphatic rings. The van der Waals surface area contributed by atoms with Gasteiger partial charge in [0, 0.05) is 12.6 Å². The van der Waals surface area contributed by atoms with Crippen molar-refractivity contribution in [3.8, 4) is 6.07 Å². The normalized spacial score (nSPS) is 18.8. The highest BCUT2D eigenvalue weighted by atomic mass is 16.2. The number of urea groups is 1. The molecule has 2 aromatic rings. The summed E-state index contributed by atoms with van der Waals surface area (Å²) in [4.78, 5) is 38.3. The van der Waals surface area contributed by atoms with Crippen LogP contribution in [0.1, 0.15) is 34.0 Å². The Morgan fingerprint density at radius 1 is 1.22 bits per heavy atom. The van der Waals surface area contributed by atoms with Crippen LogP contribution in [0.3, 0.4) is 0 Å². The fraction of sp³-hybridized carbons (Fsp3) is 0.200. The van der Waals surface area contributed by atoms with Gasteiger partial charge >= 0.3 is 6.03 Å². The largest absolute Gasteiger partial charge is 0.355 e. The first-order valence-electron chi connectivity index (χ1n) is 8.35. The van der Waals surface area contributed by atoms with E-state index in [4.69, 9.17) is 5.26 Å². The van der Waals surface area contributed by atoms with Crippen molar-refractivity contribution in [2.24, 2.45) is 0 Å². The van der Waals surface area contributed by atoms with E-state index in [0.717, 1.165) is 4.90 Å². The van der Waals surface area contributed by atoms with Crippen molar-refractivity contribution in [1.29, 1.82) is 5.26 Å². The maximum absolute atomic E-state index is 13.0. The highest BCUT2D eigenvalue weighted by Gasteiger charge is 2.48. The van der Waals surface area contributed by atoms with E-state index >= 15 is 0 Å². The molecule has 0 aromatic heterocycles. The second-order valence-electron chi connectivity index (χ2n) is 6.42. The van der Waals surface area contributed by atoms with Gasteiger partial charge in [0.15, 0.2) is 0 Å². The molecule has 1 aliphatic heterocycles. The van der Waals surface area contributed by atoms with Gasteiger partial charge in [0.2, 0.25) is 0 Å². The second kappa shape index (κ2) is 6.92. The van der Waals surface area contributed by atoms with Crippen molar-refractivity contribution in [1.82, 2.24) is 15.5 Å². The minimum absolute atomic E-state index is 0.0569. The number of nitrogens with zero attached hydrogens (tertiary/aromatic N) is 2. The van der Waals surface area contributed by atoms with Crippen LogP contribution < -0.4 is 10.6 Å². The molecule has 1 fully saturated rings. The van der Waals surface area contributed by atoms with Crippen LogP contribution >= 0.6 is 0 Å². The van der Waals surface area contributed by atoms with Crippen LogP contribution in [0.25, 0.3) is 0 Å². The quantitative estimate of drug-likeness (QED) is 0.811. The number of hydrogen-bond donors (Lipinski definition) is 2. The van der Waals surface area contributed by atoms with E-state index in [1.165, 1.54) is 7.05 Å². The van der Waals surface area contributed by atoms with Crippen LogP contribution in [0.4, 0.5) is 4.79 Å². The lowest BCUT2D eigenvalue weighted by Crippen LogP contribution is -2.40. The summed E-state index contributed by atoms with van der Waals surface area (Å²) >= 11 is 0. The van der Waals surface area contributed by atoms with Gasteiger partial charge in [0.25, 0.3) is 11.8 Å². The fourth-order valence-corrected chi connectivity index (χ4v) is 3.05. The molecule has 0 radical (unpaired) electrons. The van der Waals surface area contributed by atoms with Crippen molar-refractivity contribution in [3.05, 3.63) is 70.8 Å². The van der Waals surface area contributed by atoms with Gasteiger partial charge in [-0.2, -0.15) is 5.26 Å². The molecule has 1 atom stereocenters. The van der Waals surface area contributed by atoms with Crippen LogP contribution in [0.2, 0.25) is 0 Å². The third-order valence-electron chi connectivity index (χ3n) is 4.62. The third-order valence-corrected chi connectivity index (χ3v) is 4.62. The molecule has 0 bridgehead atoms. The van der Waals surface area contributed by atoms with Gasteiger partial charge in [-0.15, -0.1) is 0 Å². The van der Waals surface area contributed by atoms with E-state index in [0.29, 0.717) is 22.3 Å². The molecule has 1 heterocycles. The van der Waals surface area contributed by atoms with Gasteiger partial charge in [0.1, 0.15) is 5.54 Å². The summed E-state index contributed by atoms with van der Waals surface area (Å²) in [5, 5.41) is 14.2. The molecule has 0 spiro atoms. The molecular weight excluding hydrogens is 344 g/mol. The maximum atomic E-state index is 13.0. The first-order valence-corrected chi connectivity index (χ1v) is 8.35. The Morgan fingerprint density at radius 2 is 1.93 bits per heavy atom. The molecule has 2 N–H and O–H groups in total. The molecule has 1 saturated heterocycles. The topological polar surface area (TPSA) is 102 Å². The van der Waals surface area contributed by atoms with Gasteiger partial charge in [-0.1, -0.05) is 24.3 Å². The number of carbonyl (C=O) groups is 3. The fourth-order valence-electron chi connectivity index (χ4n) is 3.05. The molecular formula is C20H18N4O3. The van der Waals surface area contributed by atoms with Crippen LogP contribution in [0.15, 0.2) is 48.5 Å². The van der Waals surface area contributed by atoms with Crippen LogP contribution in [-0.4, -0.2) is 29.8 Å². The van der Waals surface area contributed by atoms with Crippen LogP contribution in [0, 0.1) is 11.3 Å². The number of carbonyl (C=O) groups excluding carboxylic acids is 3. The van der Waals surface area contributed by atoms with E-state index < -0.39 is 11.6 Å². The molecule has 1 unspecified atom stereocenters. The Hall–Kier alpha value is -3.66. The third kappa shape index (κ3) is 3.25. The standard InChI is InChI=1S/C20H18N4O3/c1-20(16-8-6-13(11-21)7-9-16)18(26)24(19(27)23-20)12-14-4-3-5-15(10-14)17(25)22-2/h3-10H,12H2,1-2H3,(H,22,25)(H,23,27). The summed E-state index contributed by atoms with van der Waals surface area (Å²) in [7, 11) is 1.54. The number of imide groups is 1. The Labute approximate surface area is 156 Å². The lowest BCUT2D eigenvalue weighted by molar-refractivity contribution is -0.131. The molecule has 2 aromatic carbocycles. The van der Waals surface area contributed by atoms with E-state index in [2.05, 4.69) is 10.6 Å². The Kier molecular flexibility index (Phi) is 4.65. The van der Waals surface area contributed by atoms with Crippen molar-refractivity contribution in [2.75, 3.05) is 7.05 Å². The number of nitriles is 1. The molecule has 7 nitrogen and oxygen atoms in total. The SMILES string of the molecule is CNC(=O)c1cccc(CN2C(=O)NC(C)(c3ccc(C#N)cc3)C2=O)c1. The summed E-state index contributed by atoms with van der Waals surface area (Å²) in [5.41, 5.74) is 0.993. The summed E-state index contributed by atoms with van der Waals surface area (Å²) in [6.07, 6.45) is 0. The summed E-state index contributed by atoms with van der Waals surface area (Å²) in [6.45, 7) is 1.69. The Morgan fingerprint density at radius 3 is 2.56 bits per heavy atom. The number of hydrogen-bond acceptors (Lipinski definition) is 4. The maximum Gasteiger partial charge on any atom is 0.325 e. The predicted octanol–water partition coefficient (Wildman–Crippen LogP) is 1.89. The summed E-state index contributed by atoms with van der Waals surface area (Å²) < 4.78 is 0. The summed E-state index contributed by atoms with van der Waals surface area (Å²) in [6, 6.07) is 14.8. The van der Waals surface area contributed by atoms with Crippen LogP contribution in [-0.2, 0) is 16.9 Å². The van der Waals surface area contributed by atoms with Gasteiger partial charge in [-0.25, -0.2) is 4.79 Å². The van der Waals surface area contributed by atoms with E-state index in [9.17, 15) is 14.4 Å². The summed E-state index contributed by atoms with van der Waals surface area (Å²) in [5.74, 6) is -0.626. The highest BCUT2D eigenvalue weighted by molar-refractivity contribution is 6.07. The number of rotatable bonds is 4. The number of amides is 4. The molecule has 136 valence electrons. The number of benzene rings is 2. The molecule has 27 heavy (non-hydrogen) atoms. The van der Waals surface area contributed by atoms with Gasteiger partial charge in [-0.3, -0.25) is 14.5 Å². The monoisotopic (exact) mass is 362 g/mol. The van der Waals surface area contributed by atoms with Crippen LogP contribution in [0.5, 0.6) is 0 Å². The Bertz CT molecular complexity index is 962. The van der Waals surface area contributed by atoms with Crippen molar-refractivity contribution in [2.45, 2.75) is 19.0 Å². The first kappa shape index (κ1) is 18.1. The second-order valence-corrected chi connectivity index (χ2v) is 6.42. The van der Waals surface area contributed by atoms with E-state index in [1.54, 1.807) is 55.5 Å². The zero-order valence-corrected chi connectivity index (χ0v) is 14.9. The smallest absolute Gasteiger partial charge is 0.325 e. The zero-order valence-electron chi connectivity index (χ0n) is 14.9. The minimum Gasteiger partial charge on any atom is -0.355 e. The minimum atomic E-state index is -1.20. The van der Waals surface area contributed by atoms with Crippen molar-refractivity contribution < 1.29 is 14.4 Å². The predicted molar refractivity (Wildman–Crippen MR) is 97.4 cm³/mol. The molecule has 0 aliphatic carbocycles. The molecule has 4 amide bonds. The molecule has 7 heteroatoms. The average Bonchev–Trinajstić information content (AvgIpc) is 2.91. The van der Waals surface area contributed by atoms with Crippen molar-refractivity contribution in [3.63, 3.8) is 0 Å². The van der Waals surface area contributed by atoms with Gasteiger partial charge in [-0.05, 0) is 42.3 Å². The van der Waals surface area contributed by atoms with E-state index in [-0.39, 0.29) is 18.4 Å². The van der Waals surface area contributed by atoms with Gasteiger partial charge < -0.3 is 10.6 Å². The molecule has 0 saturated carbocycles. The average molecular weight is 362 g/mol. The van der Waals surface area contributed by atoms with Crippen molar-refractivity contribution >= 4 is 17.8 Å². The molecule has 3 rings (SSSR count). The van der Waals surface area contributed by atoms with E-state index in [1.807, 2.05) is 6.07 Å². The first-order chi connectivity index (χ1) is 12.9. The van der Waals surface area contributed by atoms with Gasteiger partial charge in [0.05, 0.1) is 18.2 Å². The zero-order chi connectivity index (χ0) is 19.6. The lowest BCUT2D eigenvalue weighted by Gasteiger charge is -2.22. The lowest BCUT2D eigenvalue weighted by atomic mass is 9.91. The Balaban J connectivity index is 1.86. The highest BCUT2D eigenvalue weighted by Crippen LogP contribution is 2.30.